The predicted octanol–water partition coefficient (Wildman–Crippen LogP) is 5.28. The van der Waals surface area contributed by atoms with Gasteiger partial charge in [0.2, 0.25) is 0 Å². The van der Waals surface area contributed by atoms with E-state index in [2.05, 4.69) is 27.7 Å². The van der Waals surface area contributed by atoms with Crippen LogP contribution >= 0.6 is 0 Å². The minimum atomic E-state index is 1.02. The fourth-order valence-corrected chi connectivity index (χ4v) is 2.92. The van der Waals surface area contributed by atoms with Gasteiger partial charge in [-0.1, -0.05) is 66.2 Å². The summed E-state index contributed by atoms with van der Waals surface area (Å²) in [5.41, 5.74) is 0. The molecule has 2 rings (SSSR count). The van der Waals surface area contributed by atoms with E-state index < -0.39 is 0 Å². The Morgan fingerprint density at radius 1 is 0.467 bits per heavy atom. The van der Waals surface area contributed by atoms with Gasteiger partial charge in [-0.3, -0.25) is 0 Å². The lowest BCUT2D eigenvalue weighted by atomic mass is 9.84. The van der Waals surface area contributed by atoms with Crippen molar-refractivity contribution in [1.82, 2.24) is 0 Å². The van der Waals surface area contributed by atoms with Crippen LogP contribution in [0, 0.1) is 23.7 Å². The monoisotopic (exact) mass is 210 g/mol. The molecule has 1 unspecified atom stereocenters. The Labute approximate surface area is 96.8 Å². The minimum Gasteiger partial charge on any atom is -0.0625 e. The van der Waals surface area contributed by atoms with Crippen molar-refractivity contribution < 1.29 is 0 Å². The molecule has 0 radical (unpaired) electrons. The summed E-state index contributed by atoms with van der Waals surface area (Å²) in [6.07, 6.45) is 10.3. The summed E-state index contributed by atoms with van der Waals surface area (Å²) in [6, 6.07) is 0. The summed E-state index contributed by atoms with van der Waals surface area (Å²) >= 11 is 0. The summed E-state index contributed by atoms with van der Waals surface area (Å²) in [5.74, 6) is 4.09. The highest BCUT2D eigenvalue weighted by Gasteiger charge is 2.16. The maximum atomic E-state index is 2.37. The molecular weight excluding hydrogens is 180 g/mol. The average Bonchev–Trinajstić information content (AvgIpc) is 2.56. The standard InChI is InChI=1S/C8H16.C7H14/c1-7-3-5-8(2)6-4-7;1-6-3-4-7(2)5-6/h7-8H,3-6H2,1-2H3;6-7H,3-5H2,1-2H3/t;6-,7?/m.1/s1. The molecule has 0 aromatic rings. The van der Waals surface area contributed by atoms with Crippen LogP contribution in [0.25, 0.3) is 0 Å². The Hall–Kier alpha value is 0. The zero-order chi connectivity index (χ0) is 11.3. The summed E-state index contributed by atoms with van der Waals surface area (Å²) in [7, 11) is 0. The molecule has 0 aromatic heterocycles. The average molecular weight is 210 g/mol. The van der Waals surface area contributed by atoms with Crippen LogP contribution in [0.2, 0.25) is 0 Å². The van der Waals surface area contributed by atoms with E-state index in [1.54, 1.807) is 0 Å². The first kappa shape index (κ1) is 13.1. The van der Waals surface area contributed by atoms with Gasteiger partial charge in [-0.2, -0.15) is 0 Å². The highest BCUT2D eigenvalue weighted by atomic mass is 14.2. The molecule has 0 aromatic carbocycles. The van der Waals surface area contributed by atoms with Crippen LogP contribution in [-0.2, 0) is 0 Å². The first-order valence-electron chi connectivity index (χ1n) is 7.08. The highest BCUT2D eigenvalue weighted by Crippen LogP contribution is 2.29. The fourth-order valence-electron chi connectivity index (χ4n) is 2.92. The second-order valence-corrected chi connectivity index (χ2v) is 6.39. The molecule has 2 saturated carbocycles. The Morgan fingerprint density at radius 2 is 0.733 bits per heavy atom. The van der Waals surface area contributed by atoms with Gasteiger partial charge in [0.05, 0.1) is 0 Å². The smallest absolute Gasteiger partial charge is 0.0440 e. The molecule has 0 amide bonds. The Morgan fingerprint density at radius 3 is 0.933 bits per heavy atom. The van der Waals surface area contributed by atoms with E-state index in [9.17, 15) is 0 Å². The van der Waals surface area contributed by atoms with Crippen LogP contribution in [0.5, 0.6) is 0 Å². The molecule has 0 saturated heterocycles. The first-order chi connectivity index (χ1) is 7.08. The minimum absolute atomic E-state index is 1.02. The number of hydrogen-bond donors (Lipinski definition) is 0. The van der Waals surface area contributed by atoms with E-state index in [1.807, 2.05) is 0 Å². The van der Waals surface area contributed by atoms with Gasteiger partial charge in [-0.15, -0.1) is 0 Å². The topological polar surface area (TPSA) is 0 Å². The van der Waals surface area contributed by atoms with Gasteiger partial charge in [-0.25, -0.2) is 0 Å². The lowest BCUT2D eigenvalue weighted by Crippen LogP contribution is -2.08. The highest BCUT2D eigenvalue weighted by molar-refractivity contribution is 4.68. The third-order valence-electron chi connectivity index (χ3n) is 4.26. The molecule has 0 spiro atoms. The van der Waals surface area contributed by atoms with Crippen molar-refractivity contribution in [2.45, 2.75) is 72.6 Å². The van der Waals surface area contributed by atoms with Gasteiger partial charge >= 0.3 is 0 Å². The van der Waals surface area contributed by atoms with Gasteiger partial charge in [0.25, 0.3) is 0 Å². The van der Waals surface area contributed by atoms with Crippen LogP contribution in [0.1, 0.15) is 72.6 Å². The van der Waals surface area contributed by atoms with E-state index in [-0.39, 0.29) is 0 Å². The van der Waals surface area contributed by atoms with E-state index in [4.69, 9.17) is 0 Å². The molecule has 2 aliphatic carbocycles. The zero-order valence-corrected chi connectivity index (χ0v) is 11.3. The van der Waals surface area contributed by atoms with E-state index in [0.717, 1.165) is 23.7 Å². The van der Waals surface area contributed by atoms with Gasteiger partial charge < -0.3 is 0 Å². The van der Waals surface area contributed by atoms with E-state index >= 15 is 0 Å². The van der Waals surface area contributed by atoms with Crippen LogP contribution in [0.4, 0.5) is 0 Å². The van der Waals surface area contributed by atoms with Crippen LogP contribution in [0.15, 0.2) is 0 Å². The molecule has 2 fully saturated rings. The lowest BCUT2D eigenvalue weighted by molar-refractivity contribution is 0.308. The van der Waals surface area contributed by atoms with Crippen LogP contribution < -0.4 is 0 Å². The quantitative estimate of drug-likeness (QED) is 0.510. The van der Waals surface area contributed by atoms with Crippen LogP contribution in [-0.4, -0.2) is 0 Å². The summed E-state index contributed by atoms with van der Waals surface area (Å²) in [5, 5.41) is 0. The molecule has 90 valence electrons. The summed E-state index contributed by atoms with van der Waals surface area (Å²) in [6.45, 7) is 9.44. The van der Waals surface area contributed by atoms with Crippen LogP contribution in [0.3, 0.4) is 0 Å². The molecule has 15 heavy (non-hydrogen) atoms. The zero-order valence-electron chi connectivity index (χ0n) is 11.3. The van der Waals surface area contributed by atoms with Gasteiger partial charge in [0, 0.05) is 0 Å². The maximum absolute atomic E-state index is 2.37. The van der Waals surface area contributed by atoms with E-state index in [0.29, 0.717) is 0 Å². The second kappa shape index (κ2) is 6.55. The van der Waals surface area contributed by atoms with Crippen molar-refractivity contribution in [1.29, 1.82) is 0 Å². The molecule has 2 atom stereocenters. The number of hydrogen-bond acceptors (Lipinski definition) is 0. The molecule has 0 heterocycles. The maximum Gasteiger partial charge on any atom is -0.0440 e. The Kier molecular flexibility index (Phi) is 5.71. The van der Waals surface area contributed by atoms with Crippen molar-refractivity contribution in [2.75, 3.05) is 0 Å². The molecule has 0 bridgehead atoms. The third-order valence-corrected chi connectivity index (χ3v) is 4.26. The second-order valence-electron chi connectivity index (χ2n) is 6.39. The molecular formula is C15H30. The van der Waals surface area contributed by atoms with Gasteiger partial charge in [0.1, 0.15) is 0 Å². The Balaban J connectivity index is 0.000000151. The SMILES string of the molecule is CC1CCC(C)CC1.CC1CC[C@@H](C)C1. The van der Waals surface area contributed by atoms with E-state index in [1.165, 1.54) is 44.9 Å². The number of rotatable bonds is 0. The van der Waals surface area contributed by atoms with Crippen molar-refractivity contribution >= 4 is 0 Å². The largest absolute Gasteiger partial charge is 0.0625 e. The lowest BCUT2D eigenvalue weighted by Gasteiger charge is -2.22. The van der Waals surface area contributed by atoms with Crippen molar-refractivity contribution in [3.63, 3.8) is 0 Å². The molecule has 0 aliphatic heterocycles. The molecule has 2 aliphatic rings. The molecule has 0 N–H and O–H groups in total. The fraction of sp³-hybridized carbons (Fsp3) is 1.00. The summed E-state index contributed by atoms with van der Waals surface area (Å²) < 4.78 is 0. The Bertz CT molecular complexity index is 135. The first-order valence-corrected chi connectivity index (χ1v) is 7.08. The van der Waals surface area contributed by atoms with Crippen molar-refractivity contribution in [3.05, 3.63) is 0 Å². The third kappa shape index (κ3) is 5.58. The summed E-state index contributed by atoms with van der Waals surface area (Å²) in [4.78, 5) is 0. The predicted molar refractivity (Wildman–Crippen MR) is 69.0 cm³/mol. The molecule has 0 nitrogen and oxygen atoms in total. The van der Waals surface area contributed by atoms with Gasteiger partial charge in [-0.05, 0) is 30.1 Å². The molecule has 0 heteroatoms. The van der Waals surface area contributed by atoms with Crippen molar-refractivity contribution in [2.24, 2.45) is 23.7 Å². The van der Waals surface area contributed by atoms with Crippen molar-refractivity contribution in [3.8, 4) is 0 Å². The normalized spacial score (nSPS) is 40.8. The van der Waals surface area contributed by atoms with Gasteiger partial charge in [0.15, 0.2) is 0 Å².